The van der Waals surface area contributed by atoms with Crippen LogP contribution >= 0.6 is 23.4 Å². The molecule has 6 heteroatoms. The van der Waals surface area contributed by atoms with E-state index in [1.54, 1.807) is 6.07 Å². The number of hydrogen-bond acceptors (Lipinski definition) is 4. The lowest BCUT2D eigenvalue weighted by atomic mass is 10.2. The lowest BCUT2D eigenvalue weighted by molar-refractivity contribution is -0.115. The number of carbonyl (C=O) groups excluding carboxylic acids is 1. The van der Waals surface area contributed by atoms with E-state index < -0.39 is 0 Å². The smallest absolute Gasteiger partial charge is 0.264 e. The first-order valence-corrected chi connectivity index (χ1v) is 9.89. The zero-order valence-corrected chi connectivity index (χ0v) is 17.0. The van der Waals surface area contributed by atoms with E-state index in [4.69, 9.17) is 16.3 Å². The summed E-state index contributed by atoms with van der Waals surface area (Å²) in [6.07, 6.45) is 1.85. The summed E-state index contributed by atoms with van der Waals surface area (Å²) in [5.74, 6) is 1.16. The van der Waals surface area contributed by atoms with Crippen molar-refractivity contribution in [1.29, 1.82) is 0 Å². The highest BCUT2D eigenvalue weighted by Gasteiger charge is 2.24. The highest BCUT2D eigenvalue weighted by Crippen LogP contribution is 2.30. The van der Waals surface area contributed by atoms with E-state index >= 15 is 0 Å². The van der Waals surface area contributed by atoms with Crippen LogP contribution in [-0.2, 0) is 4.79 Å². The van der Waals surface area contributed by atoms with E-state index in [1.165, 1.54) is 11.8 Å². The van der Waals surface area contributed by atoms with Crippen molar-refractivity contribution in [2.45, 2.75) is 20.8 Å². The molecule has 0 saturated carbocycles. The van der Waals surface area contributed by atoms with Gasteiger partial charge in [0.25, 0.3) is 5.91 Å². The monoisotopic (exact) mass is 400 g/mol. The minimum Gasteiger partial charge on any atom is -0.493 e. The Kier molecular flexibility index (Phi) is 6.24. The highest BCUT2D eigenvalue weighted by atomic mass is 35.5. The molecule has 1 amide bonds. The van der Waals surface area contributed by atoms with Gasteiger partial charge in [0.1, 0.15) is 5.75 Å². The average Bonchev–Trinajstić information content (AvgIpc) is 2.96. The van der Waals surface area contributed by atoms with Gasteiger partial charge in [0, 0.05) is 5.02 Å². The normalized spacial score (nSPS) is 17.0. The van der Waals surface area contributed by atoms with Crippen molar-refractivity contribution >= 4 is 46.2 Å². The summed E-state index contributed by atoms with van der Waals surface area (Å²) in [5, 5.41) is 4.04. The summed E-state index contributed by atoms with van der Waals surface area (Å²) >= 11 is 7.30. The Balaban J connectivity index is 1.72. The van der Waals surface area contributed by atoms with Crippen LogP contribution in [0.1, 0.15) is 25.0 Å². The quantitative estimate of drug-likeness (QED) is 0.667. The summed E-state index contributed by atoms with van der Waals surface area (Å²) in [6, 6.07) is 13.2. The summed E-state index contributed by atoms with van der Waals surface area (Å²) in [4.78, 5) is 17.4. The van der Waals surface area contributed by atoms with Crippen LogP contribution in [0.25, 0.3) is 6.08 Å². The first-order valence-electron chi connectivity index (χ1n) is 8.69. The molecule has 0 aromatic heterocycles. The second kappa shape index (κ2) is 8.63. The molecule has 140 valence electrons. The third-order valence-corrected chi connectivity index (χ3v) is 4.94. The Morgan fingerprint density at radius 2 is 1.96 bits per heavy atom. The molecule has 2 aromatic rings. The minimum absolute atomic E-state index is 0.148. The molecule has 1 aliphatic heterocycles. The molecule has 4 nitrogen and oxygen atoms in total. The van der Waals surface area contributed by atoms with Crippen molar-refractivity contribution in [3.05, 3.63) is 63.5 Å². The number of amides is 1. The largest absolute Gasteiger partial charge is 0.493 e. The summed E-state index contributed by atoms with van der Waals surface area (Å²) < 4.78 is 5.68. The van der Waals surface area contributed by atoms with Crippen molar-refractivity contribution < 1.29 is 9.53 Å². The van der Waals surface area contributed by atoms with Gasteiger partial charge in [0.15, 0.2) is 5.17 Å². The van der Waals surface area contributed by atoms with Crippen molar-refractivity contribution in [2.75, 3.05) is 6.61 Å². The second-order valence-corrected chi connectivity index (χ2v) is 8.15. The molecule has 1 aliphatic rings. The van der Waals surface area contributed by atoms with Gasteiger partial charge in [-0.3, -0.25) is 4.79 Å². The molecule has 0 atom stereocenters. The molecule has 0 bridgehead atoms. The topological polar surface area (TPSA) is 50.7 Å². The molecule has 2 aromatic carbocycles. The third-order valence-electron chi connectivity index (χ3n) is 3.79. The number of rotatable bonds is 5. The number of benzene rings is 2. The third kappa shape index (κ3) is 5.37. The van der Waals surface area contributed by atoms with Gasteiger partial charge >= 0.3 is 0 Å². The Morgan fingerprint density at radius 3 is 2.63 bits per heavy atom. The van der Waals surface area contributed by atoms with Crippen LogP contribution in [0.5, 0.6) is 5.75 Å². The molecule has 0 unspecified atom stereocenters. The molecular formula is C21H21ClN2O2S. The fraction of sp³-hybridized carbons (Fsp3) is 0.238. The zero-order chi connectivity index (χ0) is 19.4. The maximum atomic E-state index is 12.2. The molecule has 3 rings (SSSR count). The standard InChI is InChI=1S/C21H21ClN2O2S/c1-13(2)12-26-17-7-4-15(5-8-17)11-19-20(25)24-21(27-19)23-18-9-6-16(22)10-14(18)3/h4-11,13H,12H2,1-3H3,(H,23,24,25)/b19-11-. The average molecular weight is 401 g/mol. The van der Waals surface area contributed by atoms with Crippen molar-refractivity contribution in [1.82, 2.24) is 5.32 Å². The van der Waals surface area contributed by atoms with Crippen molar-refractivity contribution in [2.24, 2.45) is 10.9 Å². The molecule has 0 spiro atoms. The van der Waals surface area contributed by atoms with Gasteiger partial charge in [-0.05, 0) is 72.1 Å². The number of nitrogens with zero attached hydrogens (tertiary/aromatic N) is 1. The highest BCUT2D eigenvalue weighted by molar-refractivity contribution is 8.18. The van der Waals surface area contributed by atoms with E-state index in [0.717, 1.165) is 22.6 Å². The van der Waals surface area contributed by atoms with Crippen LogP contribution in [0.3, 0.4) is 0 Å². The SMILES string of the molecule is Cc1cc(Cl)ccc1N=C1NC(=O)/C(=C/c2ccc(OCC(C)C)cc2)S1. The molecule has 0 radical (unpaired) electrons. The Labute approximate surface area is 168 Å². The van der Waals surface area contributed by atoms with E-state index in [9.17, 15) is 4.79 Å². The van der Waals surface area contributed by atoms with Crippen LogP contribution in [0, 0.1) is 12.8 Å². The molecule has 1 fully saturated rings. The maximum Gasteiger partial charge on any atom is 0.264 e. The van der Waals surface area contributed by atoms with E-state index in [0.29, 0.717) is 27.6 Å². The minimum atomic E-state index is -0.148. The molecule has 0 aliphatic carbocycles. The van der Waals surface area contributed by atoms with Crippen LogP contribution < -0.4 is 10.1 Å². The Bertz CT molecular complexity index is 905. The van der Waals surface area contributed by atoms with Gasteiger partial charge in [-0.15, -0.1) is 0 Å². The van der Waals surface area contributed by atoms with E-state index in [-0.39, 0.29) is 5.91 Å². The van der Waals surface area contributed by atoms with Gasteiger partial charge in [0.2, 0.25) is 0 Å². The molecular weight excluding hydrogens is 380 g/mol. The number of halogens is 1. The Morgan fingerprint density at radius 1 is 1.22 bits per heavy atom. The summed E-state index contributed by atoms with van der Waals surface area (Å²) in [5.41, 5.74) is 2.68. The van der Waals surface area contributed by atoms with Crippen molar-refractivity contribution in [3.63, 3.8) is 0 Å². The van der Waals surface area contributed by atoms with Gasteiger partial charge in [-0.25, -0.2) is 4.99 Å². The van der Waals surface area contributed by atoms with Gasteiger partial charge in [-0.2, -0.15) is 0 Å². The number of amidine groups is 1. The van der Waals surface area contributed by atoms with E-state index in [1.807, 2.05) is 49.4 Å². The number of aryl methyl sites for hydroxylation is 1. The maximum absolute atomic E-state index is 12.2. The zero-order valence-electron chi connectivity index (χ0n) is 15.5. The molecule has 27 heavy (non-hydrogen) atoms. The number of aliphatic imine (C=N–C) groups is 1. The predicted molar refractivity (Wildman–Crippen MR) is 114 cm³/mol. The van der Waals surface area contributed by atoms with Gasteiger partial charge < -0.3 is 10.1 Å². The summed E-state index contributed by atoms with van der Waals surface area (Å²) in [7, 11) is 0. The van der Waals surface area contributed by atoms with Crippen LogP contribution in [-0.4, -0.2) is 17.7 Å². The van der Waals surface area contributed by atoms with Crippen LogP contribution in [0.15, 0.2) is 52.4 Å². The van der Waals surface area contributed by atoms with Gasteiger partial charge in [0.05, 0.1) is 17.2 Å². The van der Waals surface area contributed by atoms with Crippen molar-refractivity contribution in [3.8, 4) is 5.75 Å². The fourth-order valence-corrected chi connectivity index (χ4v) is 3.47. The lowest BCUT2D eigenvalue weighted by Gasteiger charge is -2.08. The number of carbonyl (C=O) groups is 1. The van der Waals surface area contributed by atoms with E-state index in [2.05, 4.69) is 24.2 Å². The molecule has 1 N–H and O–H groups in total. The predicted octanol–water partition coefficient (Wildman–Crippen LogP) is 5.57. The first-order chi connectivity index (χ1) is 12.9. The number of ether oxygens (including phenoxy) is 1. The number of thioether (sulfide) groups is 1. The number of nitrogens with one attached hydrogen (secondary N) is 1. The van der Waals surface area contributed by atoms with Crippen LogP contribution in [0.4, 0.5) is 5.69 Å². The second-order valence-electron chi connectivity index (χ2n) is 6.69. The fourth-order valence-electron chi connectivity index (χ4n) is 2.41. The lowest BCUT2D eigenvalue weighted by Crippen LogP contribution is -2.19. The first kappa shape index (κ1) is 19.5. The molecule has 1 saturated heterocycles. The summed E-state index contributed by atoms with van der Waals surface area (Å²) in [6.45, 7) is 6.84. The molecule has 1 heterocycles. The van der Waals surface area contributed by atoms with Gasteiger partial charge in [-0.1, -0.05) is 37.6 Å². The Hall–Kier alpha value is -2.24. The number of hydrogen-bond donors (Lipinski definition) is 1. The van der Waals surface area contributed by atoms with Crippen LogP contribution in [0.2, 0.25) is 5.02 Å².